The minimum atomic E-state index is -0.590. The first kappa shape index (κ1) is 16.3. The molecule has 2 aromatic carbocycles. The molecule has 7 nitrogen and oxygen atoms in total. The summed E-state index contributed by atoms with van der Waals surface area (Å²) in [6, 6.07) is 12.1. The van der Waals surface area contributed by atoms with Crippen molar-refractivity contribution in [2.24, 2.45) is 0 Å². The number of ether oxygens (including phenoxy) is 1. The Balaban J connectivity index is 2.00. The van der Waals surface area contributed by atoms with E-state index in [-0.39, 0.29) is 16.5 Å². The highest BCUT2D eigenvalue weighted by atomic mass is 35.5. The van der Waals surface area contributed by atoms with E-state index in [1.165, 1.54) is 36.4 Å². The Hall–Kier alpha value is -3.11. The summed E-state index contributed by atoms with van der Waals surface area (Å²) in [7, 11) is 0. The lowest BCUT2D eigenvalue weighted by atomic mass is 10.2. The maximum absolute atomic E-state index is 11.8. The fourth-order valence-electron chi connectivity index (χ4n) is 1.75. The Bertz CT molecular complexity index is 802. The van der Waals surface area contributed by atoms with Crippen LogP contribution in [0.4, 0.5) is 11.4 Å². The summed E-state index contributed by atoms with van der Waals surface area (Å²) < 4.78 is 5.17. The molecule has 0 aliphatic heterocycles. The van der Waals surface area contributed by atoms with Gasteiger partial charge in [-0.3, -0.25) is 14.9 Å². The highest BCUT2D eigenvalue weighted by Crippen LogP contribution is 2.25. The Morgan fingerprint density at radius 2 is 2.09 bits per heavy atom. The second-order valence-corrected chi connectivity index (χ2v) is 4.78. The fraction of sp³-hybridized carbons (Fsp3) is 0.0667. The van der Waals surface area contributed by atoms with E-state index >= 15 is 0 Å². The van der Waals surface area contributed by atoms with Crippen molar-refractivity contribution in [2.45, 2.75) is 0 Å². The summed E-state index contributed by atoms with van der Waals surface area (Å²) in [6.07, 6.45) is 0. The van der Waals surface area contributed by atoms with Crippen LogP contribution in [0.15, 0.2) is 42.5 Å². The quantitative estimate of drug-likeness (QED) is 0.669. The lowest BCUT2D eigenvalue weighted by Crippen LogP contribution is -2.20. The summed E-state index contributed by atoms with van der Waals surface area (Å²) in [6.45, 7) is -0.400. The van der Waals surface area contributed by atoms with E-state index in [2.05, 4.69) is 5.32 Å². The number of rotatable bonds is 5. The number of nitrogens with zero attached hydrogens (tertiary/aromatic N) is 2. The van der Waals surface area contributed by atoms with E-state index in [4.69, 9.17) is 21.6 Å². The first-order valence-electron chi connectivity index (χ1n) is 6.37. The number of carbonyl (C=O) groups is 1. The number of benzene rings is 2. The van der Waals surface area contributed by atoms with Crippen LogP contribution in [0, 0.1) is 21.4 Å². The van der Waals surface area contributed by atoms with Crippen LogP contribution < -0.4 is 10.1 Å². The molecule has 1 N–H and O–H groups in total. The number of nitrogens with one attached hydrogen (secondary N) is 1. The van der Waals surface area contributed by atoms with Gasteiger partial charge in [-0.2, -0.15) is 5.26 Å². The van der Waals surface area contributed by atoms with Gasteiger partial charge in [0.05, 0.1) is 15.5 Å². The Labute approximate surface area is 136 Å². The van der Waals surface area contributed by atoms with Crippen LogP contribution in [0.5, 0.6) is 5.75 Å². The predicted octanol–water partition coefficient (Wildman–Crippen LogP) is 3.14. The molecule has 0 saturated carbocycles. The minimum absolute atomic E-state index is 0.00510. The first-order chi connectivity index (χ1) is 11.0. The van der Waals surface area contributed by atoms with Gasteiger partial charge in [0.15, 0.2) is 12.4 Å². The average Bonchev–Trinajstić information content (AvgIpc) is 2.53. The van der Waals surface area contributed by atoms with Gasteiger partial charge >= 0.3 is 5.69 Å². The molecule has 0 bridgehead atoms. The standard InChI is InChI=1S/C15H10ClN3O4/c16-12-7-11(6-5-10(12)8-17)18-15(20)9-23-14-4-2-1-3-13(14)19(21)22/h1-7H,9H2,(H,18,20). The van der Waals surface area contributed by atoms with Crippen molar-refractivity contribution in [1.29, 1.82) is 5.26 Å². The van der Waals surface area contributed by atoms with Crippen LogP contribution in [0.3, 0.4) is 0 Å². The predicted molar refractivity (Wildman–Crippen MR) is 83.4 cm³/mol. The number of para-hydroxylation sites is 2. The highest BCUT2D eigenvalue weighted by Gasteiger charge is 2.15. The van der Waals surface area contributed by atoms with E-state index in [0.717, 1.165) is 0 Å². The number of amides is 1. The van der Waals surface area contributed by atoms with Gasteiger partial charge in [0.1, 0.15) is 6.07 Å². The van der Waals surface area contributed by atoms with Crippen LogP contribution in [-0.4, -0.2) is 17.4 Å². The van der Waals surface area contributed by atoms with E-state index < -0.39 is 17.4 Å². The zero-order valence-electron chi connectivity index (χ0n) is 11.7. The molecule has 2 aromatic rings. The Kier molecular flexibility index (Phi) is 5.12. The second-order valence-electron chi connectivity index (χ2n) is 4.37. The van der Waals surface area contributed by atoms with Crippen molar-refractivity contribution < 1.29 is 14.5 Å². The summed E-state index contributed by atoms with van der Waals surface area (Å²) in [4.78, 5) is 22.1. The van der Waals surface area contributed by atoms with Crippen LogP contribution in [0.2, 0.25) is 5.02 Å². The van der Waals surface area contributed by atoms with Crippen molar-refractivity contribution in [1.82, 2.24) is 0 Å². The lowest BCUT2D eigenvalue weighted by Gasteiger charge is -2.08. The Morgan fingerprint density at radius 1 is 1.35 bits per heavy atom. The molecular weight excluding hydrogens is 322 g/mol. The molecule has 0 heterocycles. The summed E-state index contributed by atoms with van der Waals surface area (Å²) in [5.41, 5.74) is 0.465. The summed E-state index contributed by atoms with van der Waals surface area (Å²) in [5.74, 6) is -0.505. The maximum Gasteiger partial charge on any atom is 0.310 e. The smallest absolute Gasteiger partial charge is 0.310 e. The van der Waals surface area contributed by atoms with E-state index in [9.17, 15) is 14.9 Å². The van der Waals surface area contributed by atoms with Crippen LogP contribution >= 0.6 is 11.6 Å². The molecule has 0 saturated heterocycles. The van der Waals surface area contributed by atoms with Gasteiger partial charge in [-0.25, -0.2) is 0 Å². The molecule has 2 rings (SSSR count). The Morgan fingerprint density at radius 3 is 2.74 bits per heavy atom. The number of nitriles is 1. The normalized spacial score (nSPS) is 9.74. The highest BCUT2D eigenvalue weighted by molar-refractivity contribution is 6.32. The van der Waals surface area contributed by atoms with Gasteiger partial charge in [0.2, 0.25) is 0 Å². The number of hydrogen-bond acceptors (Lipinski definition) is 5. The van der Waals surface area contributed by atoms with Gasteiger partial charge in [0.25, 0.3) is 5.91 Å². The molecule has 8 heteroatoms. The molecule has 1 amide bonds. The largest absolute Gasteiger partial charge is 0.477 e. The number of nitro benzene ring substituents is 1. The molecule has 0 spiro atoms. The zero-order valence-corrected chi connectivity index (χ0v) is 12.4. The monoisotopic (exact) mass is 331 g/mol. The molecule has 0 unspecified atom stereocenters. The SMILES string of the molecule is N#Cc1ccc(NC(=O)COc2ccccc2[N+](=O)[O-])cc1Cl. The lowest BCUT2D eigenvalue weighted by molar-refractivity contribution is -0.385. The van der Waals surface area contributed by atoms with Gasteiger partial charge in [-0.1, -0.05) is 23.7 Å². The zero-order chi connectivity index (χ0) is 16.8. The van der Waals surface area contributed by atoms with Gasteiger partial charge in [-0.05, 0) is 24.3 Å². The molecule has 0 fully saturated rings. The molecule has 116 valence electrons. The summed E-state index contributed by atoms with van der Waals surface area (Å²) >= 11 is 5.86. The molecule has 0 atom stereocenters. The topological polar surface area (TPSA) is 105 Å². The third-order valence-electron chi connectivity index (χ3n) is 2.79. The maximum atomic E-state index is 11.8. The third kappa shape index (κ3) is 4.18. The van der Waals surface area contributed by atoms with Gasteiger partial charge < -0.3 is 10.1 Å². The first-order valence-corrected chi connectivity index (χ1v) is 6.75. The molecule has 23 heavy (non-hydrogen) atoms. The number of nitro groups is 1. The average molecular weight is 332 g/mol. The van der Waals surface area contributed by atoms with E-state index in [1.54, 1.807) is 6.07 Å². The number of halogens is 1. The number of anilines is 1. The number of carbonyl (C=O) groups excluding carboxylic acids is 1. The van der Waals surface area contributed by atoms with Crippen molar-refractivity contribution in [3.63, 3.8) is 0 Å². The van der Waals surface area contributed by atoms with E-state index in [1.807, 2.05) is 6.07 Å². The van der Waals surface area contributed by atoms with Crippen molar-refractivity contribution in [2.75, 3.05) is 11.9 Å². The number of hydrogen-bond donors (Lipinski definition) is 1. The van der Waals surface area contributed by atoms with Crippen LogP contribution in [0.25, 0.3) is 0 Å². The van der Waals surface area contributed by atoms with Crippen LogP contribution in [0.1, 0.15) is 5.56 Å². The van der Waals surface area contributed by atoms with Crippen molar-refractivity contribution in [3.8, 4) is 11.8 Å². The molecule has 0 aliphatic rings. The van der Waals surface area contributed by atoms with Gasteiger partial charge in [-0.15, -0.1) is 0 Å². The molecule has 0 radical (unpaired) electrons. The van der Waals surface area contributed by atoms with Crippen molar-refractivity contribution in [3.05, 3.63) is 63.2 Å². The van der Waals surface area contributed by atoms with Crippen LogP contribution in [-0.2, 0) is 4.79 Å². The molecule has 0 aliphatic carbocycles. The second kappa shape index (κ2) is 7.24. The van der Waals surface area contributed by atoms with E-state index in [0.29, 0.717) is 11.3 Å². The van der Waals surface area contributed by atoms with Crippen molar-refractivity contribution >= 4 is 28.9 Å². The summed E-state index contributed by atoms with van der Waals surface area (Å²) in [5, 5.41) is 22.4. The minimum Gasteiger partial charge on any atom is -0.477 e. The fourth-order valence-corrected chi connectivity index (χ4v) is 1.98. The third-order valence-corrected chi connectivity index (χ3v) is 3.11. The molecule has 0 aromatic heterocycles. The molecular formula is C15H10ClN3O4. The van der Waals surface area contributed by atoms with Gasteiger partial charge in [0, 0.05) is 11.8 Å².